The van der Waals surface area contributed by atoms with Crippen LogP contribution in [0.15, 0.2) is 9.73 Å². The second-order valence-electron chi connectivity index (χ2n) is 1.91. The fourth-order valence-electron chi connectivity index (χ4n) is 0.779. The molecule has 55 valence electrons. The van der Waals surface area contributed by atoms with Gasteiger partial charge >= 0.3 is 0 Å². The van der Waals surface area contributed by atoms with E-state index in [0.717, 1.165) is 0 Å². The molecular formula is C5H2BrN4O. The first-order valence-corrected chi connectivity index (χ1v) is 3.60. The number of imidazole rings is 1. The van der Waals surface area contributed by atoms with E-state index in [-0.39, 0.29) is 5.91 Å². The van der Waals surface area contributed by atoms with Gasteiger partial charge in [0, 0.05) is 0 Å². The number of nitrogens with zero attached hydrogens (tertiary/aromatic N) is 3. The van der Waals surface area contributed by atoms with Crippen LogP contribution in [0.2, 0.25) is 0 Å². The molecule has 2 rings (SSSR count). The maximum Gasteiger partial charge on any atom is 0.298 e. The number of hydrogen-bond donors (Lipinski definition) is 1. The van der Waals surface area contributed by atoms with Crippen LogP contribution in [-0.4, -0.2) is 22.2 Å². The molecule has 0 unspecified atom stereocenters. The van der Waals surface area contributed by atoms with Crippen LogP contribution in [0.3, 0.4) is 0 Å². The molecule has 11 heavy (non-hydrogen) atoms. The number of rotatable bonds is 0. The van der Waals surface area contributed by atoms with Crippen molar-refractivity contribution in [1.82, 2.24) is 15.3 Å². The van der Waals surface area contributed by atoms with Crippen LogP contribution in [0, 0.1) is 0 Å². The summed E-state index contributed by atoms with van der Waals surface area (Å²) in [6, 6.07) is 0. The number of fused-ring (bicyclic) bond motifs is 1. The highest BCUT2D eigenvalue weighted by molar-refractivity contribution is 9.10. The maximum atomic E-state index is 10.9. The first-order chi connectivity index (χ1) is 5.27. The van der Waals surface area contributed by atoms with Gasteiger partial charge in [0.15, 0.2) is 16.2 Å². The smallest absolute Gasteiger partial charge is 0.298 e. The van der Waals surface area contributed by atoms with E-state index in [1.54, 1.807) is 0 Å². The molecule has 0 saturated carbocycles. The van der Waals surface area contributed by atoms with Crippen LogP contribution < -0.4 is 5.32 Å². The van der Waals surface area contributed by atoms with Gasteiger partial charge in [0.25, 0.3) is 5.91 Å². The third-order valence-electron chi connectivity index (χ3n) is 1.22. The zero-order valence-corrected chi connectivity index (χ0v) is 6.79. The van der Waals surface area contributed by atoms with Gasteiger partial charge in [-0.2, -0.15) is 5.32 Å². The van der Waals surface area contributed by atoms with Crippen molar-refractivity contribution in [3.63, 3.8) is 0 Å². The van der Waals surface area contributed by atoms with E-state index in [0.29, 0.717) is 16.2 Å². The number of aromatic amines is 1. The van der Waals surface area contributed by atoms with Gasteiger partial charge < -0.3 is 4.98 Å². The van der Waals surface area contributed by atoms with Gasteiger partial charge in [-0.05, 0) is 15.9 Å². The molecular weight excluding hydrogens is 212 g/mol. The van der Waals surface area contributed by atoms with Crippen LogP contribution in [0.4, 0.5) is 5.82 Å². The summed E-state index contributed by atoms with van der Waals surface area (Å²) in [4.78, 5) is 21.3. The summed E-state index contributed by atoms with van der Waals surface area (Å²) < 4.78 is 0.491. The van der Waals surface area contributed by atoms with E-state index in [2.05, 4.69) is 36.2 Å². The number of hydrogen-bond acceptors (Lipinski definition) is 3. The van der Waals surface area contributed by atoms with Crippen molar-refractivity contribution in [2.75, 3.05) is 0 Å². The zero-order valence-electron chi connectivity index (χ0n) is 5.21. The zero-order chi connectivity index (χ0) is 7.84. The minimum absolute atomic E-state index is 0.333. The summed E-state index contributed by atoms with van der Waals surface area (Å²) in [5, 5.41) is 3.46. The first kappa shape index (κ1) is 6.53. The van der Waals surface area contributed by atoms with Gasteiger partial charge in [0.2, 0.25) is 0 Å². The van der Waals surface area contributed by atoms with Crippen molar-refractivity contribution in [3.8, 4) is 0 Å². The average molecular weight is 214 g/mol. The molecule has 0 aromatic carbocycles. The lowest BCUT2D eigenvalue weighted by Crippen LogP contribution is -2.17. The van der Waals surface area contributed by atoms with Crippen LogP contribution in [0.5, 0.6) is 0 Å². The molecule has 0 fully saturated rings. The molecule has 1 N–H and O–H groups in total. The predicted octanol–water partition coefficient (Wildman–Crippen LogP) is 0.590. The van der Waals surface area contributed by atoms with Crippen molar-refractivity contribution in [2.45, 2.75) is 0 Å². The average Bonchev–Trinajstić information content (AvgIpc) is 2.31. The Morgan fingerprint density at radius 1 is 1.55 bits per heavy atom. The minimum Gasteiger partial charge on any atom is -0.327 e. The van der Waals surface area contributed by atoms with Gasteiger partial charge in [0.05, 0.1) is 0 Å². The highest BCUT2D eigenvalue weighted by Gasteiger charge is 2.19. The Labute approximate surface area is 70.1 Å². The number of halogens is 1. The fourth-order valence-corrected chi connectivity index (χ4v) is 1.15. The van der Waals surface area contributed by atoms with E-state index >= 15 is 0 Å². The third kappa shape index (κ3) is 0.949. The summed E-state index contributed by atoms with van der Waals surface area (Å²) in [6.45, 7) is 0. The molecule has 1 aromatic rings. The SMILES string of the molecule is O=C1[N]C=Nc2nc(Br)[nH]c21. The van der Waals surface area contributed by atoms with Gasteiger partial charge in [-0.3, -0.25) is 4.79 Å². The quantitative estimate of drug-likeness (QED) is 0.686. The summed E-state index contributed by atoms with van der Waals surface area (Å²) in [7, 11) is 0. The largest absolute Gasteiger partial charge is 0.327 e. The number of carbonyl (C=O) groups is 1. The molecule has 6 heteroatoms. The minimum atomic E-state index is -0.340. The molecule has 0 spiro atoms. The Hall–Kier alpha value is -1.17. The van der Waals surface area contributed by atoms with E-state index in [4.69, 9.17) is 0 Å². The van der Waals surface area contributed by atoms with Crippen molar-refractivity contribution in [1.29, 1.82) is 0 Å². The van der Waals surface area contributed by atoms with E-state index < -0.39 is 0 Å². The molecule has 1 radical (unpaired) electrons. The van der Waals surface area contributed by atoms with Crippen LogP contribution >= 0.6 is 15.9 Å². The lowest BCUT2D eigenvalue weighted by Gasteiger charge is -1.98. The third-order valence-corrected chi connectivity index (χ3v) is 1.60. The van der Waals surface area contributed by atoms with Gasteiger partial charge in [0.1, 0.15) is 6.34 Å². The van der Waals surface area contributed by atoms with Crippen LogP contribution in [0.1, 0.15) is 10.5 Å². The number of amides is 1. The molecule has 5 nitrogen and oxygen atoms in total. The molecule has 1 aliphatic rings. The Morgan fingerprint density at radius 3 is 3.09 bits per heavy atom. The first-order valence-electron chi connectivity index (χ1n) is 2.80. The monoisotopic (exact) mass is 213 g/mol. The lowest BCUT2D eigenvalue weighted by atomic mass is 10.4. The second kappa shape index (κ2) is 2.16. The van der Waals surface area contributed by atoms with Crippen molar-refractivity contribution < 1.29 is 4.79 Å². The summed E-state index contributed by atoms with van der Waals surface area (Å²) in [6.07, 6.45) is 1.19. The van der Waals surface area contributed by atoms with Crippen LogP contribution in [0.25, 0.3) is 0 Å². The van der Waals surface area contributed by atoms with Gasteiger partial charge in [-0.15, -0.1) is 0 Å². The predicted molar refractivity (Wildman–Crippen MR) is 40.9 cm³/mol. The Morgan fingerprint density at radius 2 is 2.36 bits per heavy atom. The molecule has 0 saturated heterocycles. The molecule has 1 amide bonds. The van der Waals surface area contributed by atoms with E-state index in [9.17, 15) is 4.79 Å². The number of aromatic nitrogens is 2. The van der Waals surface area contributed by atoms with Crippen molar-refractivity contribution >= 4 is 34.0 Å². The van der Waals surface area contributed by atoms with Crippen molar-refractivity contribution in [3.05, 3.63) is 10.4 Å². The summed E-state index contributed by atoms with van der Waals surface area (Å²) in [5.74, 6) is 0.0464. The topological polar surface area (TPSA) is 72.2 Å². The molecule has 0 bridgehead atoms. The standard InChI is InChI=1S/C5H2BrN4O/c6-5-9-2-3(10-5)7-1-8-4(2)11/h1H,(H,9,10). The van der Waals surface area contributed by atoms with Crippen molar-refractivity contribution in [2.24, 2.45) is 4.99 Å². The molecule has 0 aliphatic carbocycles. The normalized spacial score (nSPS) is 14.5. The summed E-state index contributed by atoms with van der Waals surface area (Å²) >= 11 is 3.09. The number of aliphatic imine (C=N–C) groups is 1. The fraction of sp³-hybridized carbons (Fsp3) is 0. The van der Waals surface area contributed by atoms with Crippen LogP contribution in [-0.2, 0) is 0 Å². The lowest BCUT2D eigenvalue weighted by molar-refractivity contribution is 0.0969. The Kier molecular flexibility index (Phi) is 1.28. The maximum absolute atomic E-state index is 10.9. The molecule has 1 aromatic heterocycles. The number of nitrogens with one attached hydrogen (secondary N) is 1. The number of carbonyl (C=O) groups excluding carboxylic acids is 1. The van der Waals surface area contributed by atoms with E-state index in [1.807, 2.05) is 0 Å². The number of H-pyrrole nitrogens is 1. The van der Waals surface area contributed by atoms with E-state index in [1.165, 1.54) is 6.34 Å². The molecule has 1 aliphatic heterocycles. The highest BCUT2D eigenvalue weighted by atomic mass is 79.9. The Balaban J connectivity index is 2.62. The van der Waals surface area contributed by atoms with Gasteiger partial charge in [-0.1, -0.05) is 0 Å². The second-order valence-corrected chi connectivity index (χ2v) is 2.66. The molecule has 2 heterocycles. The molecule has 0 atom stereocenters. The Bertz CT molecular complexity index is 342. The highest BCUT2D eigenvalue weighted by Crippen LogP contribution is 2.20. The summed E-state index contributed by atoms with van der Waals surface area (Å²) in [5.41, 5.74) is 0.333. The van der Waals surface area contributed by atoms with Gasteiger partial charge in [-0.25, -0.2) is 9.98 Å².